The molecule has 114 valence electrons. The van der Waals surface area contributed by atoms with E-state index in [-0.39, 0.29) is 12.6 Å². The third-order valence-corrected chi connectivity index (χ3v) is 3.24. The number of hydrogen-bond donors (Lipinski definition) is 2. The van der Waals surface area contributed by atoms with E-state index in [1.54, 1.807) is 4.90 Å². The number of nitrogens with zero attached hydrogens (tertiary/aromatic N) is 1. The van der Waals surface area contributed by atoms with Crippen LogP contribution in [0.2, 0.25) is 0 Å². The van der Waals surface area contributed by atoms with Gasteiger partial charge in [0.1, 0.15) is 12.4 Å². The van der Waals surface area contributed by atoms with E-state index in [0.29, 0.717) is 19.7 Å². The summed E-state index contributed by atoms with van der Waals surface area (Å²) in [5.74, 6) is -0.338. The van der Waals surface area contributed by atoms with Crippen LogP contribution < -0.4 is 10.1 Å². The highest BCUT2D eigenvalue weighted by Gasteiger charge is 2.22. The number of hydrogen-bond acceptors (Lipinski definition) is 4. The average Bonchev–Trinajstić information content (AvgIpc) is 2.69. The molecule has 7 heteroatoms. The van der Waals surface area contributed by atoms with Crippen molar-refractivity contribution in [3.8, 4) is 5.75 Å². The summed E-state index contributed by atoms with van der Waals surface area (Å²) in [6, 6.07) is 7.19. The molecule has 1 aliphatic heterocycles. The maximum Gasteiger partial charge on any atom is 0.334 e. The van der Waals surface area contributed by atoms with Gasteiger partial charge in [0.25, 0.3) is 0 Å². The smallest absolute Gasteiger partial charge is 0.334 e. The molecule has 1 aliphatic rings. The Hall–Kier alpha value is -2.28. The fraction of sp³-hybridized carbons (Fsp3) is 0.429. The molecule has 2 rings (SSSR count). The fourth-order valence-electron chi connectivity index (χ4n) is 2.06. The highest BCUT2D eigenvalue weighted by Crippen LogP contribution is 2.22. The van der Waals surface area contributed by atoms with E-state index in [9.17, 15) is 9.59 Å². The van der Waals surface area contributed by atoms with Gasteiger partial charge >= 0.3 is 12.0 Å². The van der Waals surface area contributed by atoms with E-state index in [1.807, 2.05) is 24.3 Å². The first-order chi connectivity index (χ1) is 10.1. The SMILES string of the molecule is COC(CNC(=O)N1CCOc2ccccc2C1)C(=O)O. The van der Waals surface area contributed by atoms with Crippen molar-refractivity contribution in [2.75, 3.05) is 26.8 Å². The number of fused-ring (bicyclic) bond motifs is 1. The lowest BCUT2D eigenvalue weighted by Crippen LogP contribution is -2.45. The molecule has 0 aromatic heterocycles. The molecule has 7 nitrogen and oxygen atoms in total. The van der Waals surface area contributed by atoms with Gasteiger partial charge in [-0.2, -0.15) is 0 Å². The number of rotatable bonds is 4. The summed E-state index contributed by atoms with van der Waals surface area (Å²) >= 11 is 0. The van der Waals surface area contributed by atoms with Gasteiger partial charge in [0.15, 0.2) is 6.10 Å². The van der Waals surface area contributed by atoms with Gasteiger partial charge in [0.2, 0.25) is 0 Å². The zero-order chi connectivity index (χ0) is 15.2. The second-order valence-corrected chi connectivity index (χ2v) is 4.63. The molecule has 1 heterocycles. The summed E-state index contributed by atoms with van der Waals surface area (Å²) in [6.45, 7) is 1.18. The number of amides is 2. The minimum absolute atomic E-state index is 0.0797. The first kappa shape index (κ1) is 15.1. The van der Waals surface area contributed by atoms with Crippen molar-refractivity contribution in [1.82, 2.24) is 10.2 Å². The second-order valence-electron chi connectivity index (χ2n) is 4.63. The quantitative estimate of drug-likeness (QED) is 0.853. The summed E-state index contributed by atoms with van der Waals surface area (Å²) in [5, 5.41) is 11.4. The zero-order valence-corrected chi connectivity index (χ0v) is 11.7. The normalized spacial score (nSPS) is 15.4. The molecule has 0 bridgehead atoms. The van der Waals surface area contributed by atoms with Gasteiger partial charge in [-0.25, -0.2) is 9.59 Å². The Balaban J connectivity index is 1.95. The Morgan fingerprint density at radius 1 is 1.48 bits per heavy atom. The Labute approximate surface area is 122 Å². The van der Waals surface area contributed by atoms with E-state index < -0.39 is 12.1 Å². The fourth-order valence-corrected chi connectivity index (χ4v) is 2.06. The molecule has 0 spiro atoms. The van der Waals surface area contributed by atoms with Crippen molar-refractivity contribution in [2.45, 2.75) is 12.6 Å². The third-order valence-electron chi connectivity index (χ3n) is 3.24. The predicted octanol–water partition coefficient (Wildman–Crippen LogP) is 0.690. The minimum Gasteiger partial charge on any atom is -0.491 e. The van der Waals surface area contributed by atoms with Crippen LogP contribution in [0, 0.1) is 0 Å². The van der Waals surface area contributed by atoms with Crippen LogP contribution in [-0.2, 0) is 16.1 Å². The van der Waals surface area contributed by atoms with Gasteiger partial charge in [-0.05, 0) is 6.07 Å². The van der Waals surface area contributed by atoms with Gasteiger partial charge in [0.05, 0.1) is 19.6 Å². The van der Waals surface area contributed by atoms with Gasteiger partial charge < -0.3 is 24.8 Å². The Morgan fingerprint density at radius 2 is 2.24 bits per heavy atom. The minimum atomic E-state index is -1.11. The number of carbonyl (C=O) groups excluding carboxylic acids is 1. The van der Waals surface area contributed by atoms with Crippen LogP contribution in [-0.4, -0.2) is 54.9 Å². The first-order valence-electron chi connectivity index (χ1n) is 6.61. The highest BCUT2D eigenvalue weighted by molar-refractivity contribution is 5.77. The molecule has 1 aromatic rings. The molecular weight excluding hydrogens is 276 g/mol. The summed E-state index contributed by atoms with van der Waals surface area (Å²) < 4.78 is 10.3. The van der Waals surface area contributed by atoms with Crippen molar-refractivity contribution < 1.29 is 24.2 Å². The number of carboxylic acids is 1. The number of methoxy groups -OCH3 is 1. The average molecular weight is 294 g/mol. The summed E-state index contributed by atoms with van der Waals surface area (Å²) in [6.07, 6.45) is -1.05. The monoisotopic (exact) mass is 294 g/mol. The molecule has 1 atom stereocenters. The van der Waals surface area contributed by atoms with Crippen molar-refractivity contribution in [2.24, 2.45) is 0 Å². The van der Waals surface area contributed by atoms with E-state index in [2.05, 4.69) is 5.32 Å². The maximum absolute atomic E-state index is 12.1. The van der Waals surface area contributed by atoms with Gasteiger partial charge in [-0.3, -0.25) is 0 Å². The molecule has 1 aromatic carbocycles. The van der Waals surface area contributed by atoms with Gasteiger partial charge in [0, 0.05) is 12.7 Å². The van der Waals surface area contributed by atoms with Crippen molar-refractivity contribution >= 4 is 12.0 Å². The lowest BCUT2D eigenvalue weighted by Gasteiger charge is -2.21. The number of ether oxygens (including phenoxy) is 2. The zero-order valence-electron chi connectivity index (χ0n) is 11.7. The molecule has 0 saturated heterocycles. The molecule has 21 heavy (non-hydrogen) atoms. The Kier molecular flexibility index (Phi) is 4.99. The van der Waals surface area contributed by atoms with Crippen LogP contribution in [0.15, 0.2) is 24.3 Å². The predicted molar refractivity (Wildman–Crippen MR) is 74.2 cm³/mol. The second kappa shape index (κ2) is 6.94. The van der Waals surface area contributed by atoms with E-state index in [1.165, 1.54) is 7.11 Å². The first-order valence-corrected chi connectivity index (χ1v) is 6.61. The molecule has 0 aliphatic carbocycles. The number of carbonyl (C=O) groups is 2. The van der Waals surface area contributed by atoms with Crippen LogP contribution in [0.4, 0.5) is 4.79 Å². The highest BCUT2D eigenvalue weighted by atomic mass is 16.5. The number of benzene rings is 1. The van der Waals surface area contributed by atoms with Crippen LogP contribution in [0.25, 0.3) is 0 Å². The number of urea groups is 1. The molecule has 1 unspecified atom stereocenters. The summed E-state index contributed by atoms with van der Waals surface area (Å²) in [4.78, 5) is 24.5. The molecular formula is C14H18N2O5. The van der Waals surface area contributed by atoms with Crippen molar-refractivity contribution in [3.05, 3.63) is 29.8 Å². The van der Waals surface area contributed by atoms with Crippen LogP contribution in [0.3, 0.4) is 0 Å². The van der Waals surface area contributed by atoms with E-state index in [0.717, 1.165) is 11.3 Å². The summed E-state index contributed by atoms with van der Waals surface area (Å²) in [5.41, 5.74) is 0.923. The standard InChI is InChI=1S/C14H18N2O5/c1-20-12(13(17)18)8-15-14(19)16-6-7-21-11-5-3-2-4-10(11)9-16/h2-5,12H,6-9H2,1H3,(H,15,19)(H,17,18). The molecule has 2 N–H and O–H groups in total. The lowest BCUT2D eigenvalue weighted by atomic mass is 10.2. The molecule has 0 saturated carbocycles. The van der Waals surface area contributed by atoms with Crippen molar-refractivity contribution in [1.29, 1.82) is 0 Å². The number of aliphatic carboxylic acids is 1. The molecule has 0 radical (unpaired) electrons. The molecule has 0 fully saturated rings. The number of nitrogens with one attached hydrogen (secondary N) is 1. The summed E-state index contributed by atoms with van der Waals surface area (Å²) in [7, 11) is 1.29. The van der Waals surface area contributed by atoms with Gasteiger partial charge in [-0.15, -0.1) is 0 Å². The van der Waals surface area contributed by atoms with E-state index in [4.69, 9.17) is 14.6 Å². The van der Waals surface area contributed by atoms with Crippen LogP contribution in [0.1, 0.15) is 5.56 Å². The molecule has 2 amide bonds. The topological polar surface area (TPSA) is 88.1 Å². The van der Waals surface area contributed by atoms with Crippen LogP contribution in [0.5, 0.6) is 5.75 Å². The van der Waals surface area contributed by atoms with Crippen molar-refractivity contribution in [3.63, 3.8) is 0 Å². The third kappa shape index (κ3) is 3.85. The largest absolute Gasteiger partial charge is 0.491 e. The number of carboxylic acid groups (broad SMARTS) is 1. The van der Waals surface area contributed by atoms with Crippen LogP contribution >= 0.6 is 0 Å². The van der Waals surface area contributed by atoms with Gasteiger partial charge in [-0.1, -0.05) is 18.2 Å². The lowest BCUT2D eigenvalue weighted by molar-refractivity contribution is -0.148. The Bertz CT molecular complexity index is 520. The number of para-hydroxylation sites is 1. The van der Waals surface area contributed by atoms with E-state index >= 15 is 0 Å². The maximum atomic E-state index is 12.1. The Morgan fingerprint density at radius 3 is 2.95 bits per heavy atom.